The maximum absolute atomic E-state index is 13.2. The van der Waals surface area contributed by atoms with Crippen LogP contribution < -0.4 is 5.32 Å². The molecule has 2 aliphatic rings. The van der Waals surface area contributed by atoms with E-state index in [2.05, 4.69) is 10.2 Å². The van der Waals surface area contributed by atoms with Gasteiger partial charge in [-0.3, -0.25) is 0 Å². The van der Waals surface area contributed by atoms with Crippen LogP contribution in [0, 0.1) is 5.92 Å². The van der Waals surface area contributed by atoms with Crippen molar-refractivity contribution < 1.29 is 8.78 Å². The molecular formula is C14H26F2N2. The largest absolute Gasteiger partial charge is 0.316 e. The van der Waals surface area contributed by atoms with E-state index in [-0.39, 0.29) is 18.8 Å². The lowest BCUT2D eigenvalue weighted by Crippen LogP contribution is -2.33. The van der Waals surface area contributed by atoms with Crippen molar-refractivity contribution in [2.45, 2.75) is 50.9 Å². The molecule has 1 heterocycles. The summed E-state index contributed by atoms with van der Waals surface area (Å²) in [5.74, 6) is -2.22. The van der Waals surface area contributed by atoms with Crippen LogP contribution in [0.5, 0.6) is 0 Å². The molecule has 1 unspecified atom stereocenters. The third-order valence-electron chi connectivity index (χ3n) is 4.20. The number of halogens is 2. The summed E-state index contributed by atoms with van der Waals surface area (Å²) >= 11 is 0. The third kappa shape index (κ3) is 4.81. The zero-order valence-corrected chi connectivity index (χ0v) is 11.3. The Hall–Kier alpha value is -0.220. The van der Waals surface area contributed by atoms with Gasteiger partial charge in [-0.25, -0.2) is 8.78 Å². The number of hydrogen-bond donors (Lipinski definition) is 1. The molecule has 0 aromatic rings. The van der Waals surface area contributed by atoms with Gasteiger partial charge in [0.2, 0.25) is 5.92 Å². The van der Waals surface area contributed by atoms with Crippen LogP contribution in [-0.4, -0.2) is 43.5 Å². The second kappa shape index (κ2) is 6.80. The van der Waals surface area contributed by atoms with Crippen LogP contribution in [0.2, 0.25) is 0 Å². The average molecular weight is 260 g/mol. The van der Waals surface area contributed by atoms with E-state index in [0.29, 0.717) is 6.42 Å². The van der Waals surface area contributed by atoms with Crippen molar-refractivity contribution in [2.75, 3.05) is 32.7 Å². The third-order valence-corrected chi connectivity index (χ3v) is 4.20. The fourth-order valence-electron chi connectivity index (χ4n) is 3.19. The van der Waals surface area contributed by atoms with Crippen LogP contribution in [0.25, 0.3) is 0 Å². The van der Waals surface area contributed by atoms with Gasteiger partial charge in [-0.1, -0.05) is 0 Å². The fourth-order valence-corrected chi connectivity index (χ4v) is 3.19. The molecule has 1 atom stereocenters. The summed E-state index contributed by atoms with van der Waals surface area (Å²) in [6.07, 6.45) is 5.66. The Bertz CT molecular complexity index is 240. The van der Waals surface area contributed by atoms with Crippen molar-refractivity contribution in [1.29, 1.82) is 0 Å². The second-order valence-corrected chi connectivity index (χ2v) is 5.92. The molecule has 1 aliphatic carbocycles. The molecule has 2 rings (SSSR count). The van der Waals surface area contributed by atoms with Crippen molar-refractivity contribution in [1.82, 2.24) is 10.2 Å². The molecule has 1 saturated heterocycles. The predicted octanol–water partition coefficient (Wildman–Crippen LogP) is 2.89. The highest BCUT2D eigenvalue weighted by molar-refractivity contribution is 4.79. The van der Waals surface area contributed by atoms with Gasteiger partial charge in [0.15, 0.2) is 0 Å². The fraction of sp³-hybridized carbons (Fsp3) is 1.00. The lowest BCUT2D eigenvalue weighted by atomic mass is 9.86. The van der Waals surface area contributed by atoms with E-state index in [1.807, 2.05) is 0 Å². The molecule has 0 radical (unpaired) electrons. The van der Waals surface area contributed by atoms with Crippen LogP contribution in [0.1, 0.15) is 44.9 Å². The molecule has 0 aromatic carbocycles. The Balaban J connectivity index is 1.50. The first kappa shape index (κ1) is 14.2. The Morgan fingerprint density at radius 3 is 2.67 bits per heavy atom. The summed E-state index contributed by atoms with van der Waals surface area (Å²) in [7, 11) is 0. The van der Waals surface area contributed by atoms with Gasteiger partial charge in [-0.05, 0) is 70.7 Å². The van der Waals surface area contributed by atoms with Crippen molar-refractivity contribution >= 4 is 0 Å². The first-order valence-electron chi connectivity index (χ1n) is 7.47. The number of hydrogen-bond acceptors (Lipinski definition) is 2. The molecule has 106 valence electrons. The van der Waals surface area contributed by atoms with Gasteiger partial charge in [0.25, 0.3) is 0 Å². The number of likely N-dealkylation sites (tertiary alicyclic amines) is 1. The smallest absolute Gasteiger partial charge is 0.248 e. The number of nitrogens with zero attached hydrogens (tertiary/aromatic N) is 1. The van der Waals surface area contributed by atoms with Crippen molar-refractivity contribution in [3.63, 3.8) is 0 Å². The summed E-state index contributed by atoms with van der Waals surface area (Å²) in [5, 5.41) is 3.36. The molecule has 0 amide bonds. The molecule has 4 heteroatoms. The van der Waals surface area contributed by atoms with Gasteiger partial charge in [0.05, 0.1) is 0 Å². The summed E-state index contributed by atoms with van der Waals surface area (Å²) < 4.78 is 26.4. The van der Waals surface area contributed by atoms with Crippen LogP contribution in [0.3, 0.4) is 0 Å². The van der Waals surface area contributed by atoms with E-state index in [0.717, 1.165) is 32.5 Å². The minimum Gasteiger partial charge on any atom is -0.316 e. The lowest BCUT2D eigenvalue weighted by Gasteiger charge is -2.29. The Labute approximate surface area is 109 Å². The van der Waals surface area contributed by atoms with Crippen LogP contribution in [0.4, 0.5) is 8.78 Å². The van der Waals surface area contributed by atoms with Crippen molar-refractivity contribution in [3.05, 3.63) is 0 Å². The standard InChI is InChI=1S/C14H26F2N2/c15-14(16)6-3-5-13(11-14)12-17-7-4-10-18-8-1-2-9-18/h13,17H,1-12H2. The molecule has 1 N–H and O–H groups in total. The van der Waals surface area contributed by atoms with Gasteiger partial charge in [-0.2, -0.15) is 0 Å². The van der Waals surface area contributed by atoms with Gasteiger partial charge in [0.1, 0.15) is 0 Å². The zero-order valence-electron chi connectivity index (χ0n) is 11.3. The lowest BCUT2D eigenvalue weighted by molar-refractivity contribution is -0.0519. The number of rotatable bonds is 6. The topological polar surface area (TPSA) is 15.3 Å². The number of alkyl halides is 2. The zero-order chi connectivity index (χ0) is 12.8. The Kier molecular flexibility index (Phi) is 5.37. The van der Waals surface area contributed by atoms with E-state index in [1.54, 1.807) is 0 Å². The second-order valence-electron chi connectivity index (χ2n) is 5.92. The first-order chi connectivity index (χ1) is 8.66. The van der Waals surface area contributed by atoms with Crippen LogP contribution >= 0.6 is 0 Å². The maximum atomic E-state index is 13.2. The molecule has 2 fully saturated rings. The van der Waals surface area contributed by atoms with E-state index < -0.39 is 5.92 Å². The van der Waals surface area contributed by atoms with E-state index in [1.165, 1.54) is 25.9 Å². The van der Waals surface area contributed by atoms with Gasteiger partial charge in [0, 0.05) is 12.8 Å². The molecule has 0 bridgehead atoms. The molecule has 0 spiro atoms. The predicted molar refractivity (Wildman–Crippen MR) is 70.1 cm³/mol. The highest BCUT2D eigenvalue weighted by Gasteiger charge is 2.35. The van der Waals surface area contributed by atoms with Gasteiger partial charge < -0.3 is 10.2 Å². The summed E-state index contributed by atoms with van der Waals surface area (Å²) in [6.45, 7) is 5.39. The highest BCUT2D eigenvalue weighted by atomic mass is 19.3. The summed E-state index contributed by atoms with van der Waals surface area (Å²) in [5.41, 5.74) is 0. The molecule has 18 heavy (non-hydrogen) atoms. The quantitative estimate of drug-likeness (QED) is 0.739. The van der Waals surface area contributed by atoms with E-state index in [9.17, 15) is 8.78 Å². The van der Waals surface area contributed by atoms with Crippen molar-refractivity contribution in [2.24, 2.45) is 5.92 Å². The summed E-state index contributed by atoms with van der Waals surface area (Å²) in [6, 6.07) is 0. The number of nitrogens with one attached hydrogen (secondary N) is 1. The molecule has 2 nitrogen and oxygen atoms in total. The Morgan fingerprint density at radius 2 is 1.94 bits per heavy atom. The maximum Gasteiger partial charge on any atom is 0.248 e. The summed E-state index contributed by atoms with van der Waals surface area (Å²) in [4.78, 5) is 2.50. The molecule has 1 aliphatic heterocycles. The molecule has 1 saturated carbocycles. The van der Waals surface area contributed by atoms with E-state index >= 15 is 0 Å². The van der Waals surface area contributed by atoms with Crippen LogP contribution in [-0.2, 0) is 0 Å². The Morgan fingerprint density at radius 1 is 1.17 bits per heavy atom. The minimum atomic E-state index is -2.40. The van der Waals surface area contributed by atoms with E-state index in [4.69, 9.17) is 0 Å². The van der Waals surface area contributed by atoms with Gasteiger partial charge in [-0.15, -0.1) is 0 Å². The van der Waals surface area contributed by atoms with Crippen molar-refractivity contribution in [3.8, 4) is 0 Å². The minimum absolute atomic E-state index is 0.0894. The highest BCUT2D eigenvalue weighted by Crippen LogP contribution is 2.36. The normalized spacial score (nSPS) is 28.7. The monoisotopic (exact) mass is 260 g/mol. The first-order valence-corrected chi connectivity index (χ1v) is 7.47. The molecule has 0 aromatic heterocycles. The average Bonchev–Trinajstić information content (AvgIpc) is 2.80. The SMILES string of the molecule is FC1(F)CCCC(CNCCCN2CCCC2)C1. The van der Waals surface area contributed by atoms with Gasteiger partial charge >= 0.3 is 0 Å². The molecular weight excluding hydrogens is 234 g/mol. The van der Waals surface area contributed by atoms with Crippen LogP contribution in [0.15, 0.2) is 0 Å².